The van der Waals surface area contributed by atoms with E-state index < -0.39 is 33.3 Å². The van der Waals surface area contributed by atoms with Crippen molar-refractivity contribution in [3.05, 3.63) is 17.6 Å². The third-order valence-electron chi connectivity index (χ3n) is 7.31. The van der Waals surface area contributed by atoms with E-state index in [0.717, 1.165) is 0 Å². The van der Waals surface area contributed by atoms with E-state index in [1.807, 2.05) is 34.6 Å². The molecule has 42 heavy (non-hydrogen) atoms. The monoisotopic (exact) mass is 610 g/mol. The molecule has 0 unspecified atom stereocenters. The van der Waals surface area contributed by atoms with Crippen LogP contribution in [0.5, 0.6) is 0 Å². The summed E-state index contributed by atoms with van der Waals surface area (Å²) in [4.78, 5) is 53.5. The highest BCUT2D eigenvalue weighted by Crippen LogP contribution is 2.28. The van der Waals surface area contributed by atoms with Crippen LogP contribution in [0.1, 0.15) is 63.6 Å². The Kier molecular flexibility index (Phi) is 11.2. The SMILES string of the molecule is CC(C)CN(C(=O)c1cnc(C(C)(C)C)nc1NCCCS(C)(=O)=O)[C@H]1C[C@@H](C(=O)N2CCOCC2)CN(C(=O)O)C1. The van der Waals surface area contributed by atoms with E-state index in [-0.39, 0.29) is 48.7 Å². The second-order valence-corrected chi connectivity index (χ2v) is 14.9. The number of amides is 3. The van der Waals surface area contributed by atoms with Crippen molar-refractivity contribution >= 4 is 33.6 Å². The van der Waals surface area contributed by atoms with Crippen LogP contribution in [0, 0.1) is 11.8 Å². The quantitative estimate of drug-likeness (QED) is 0.375. The van der Waals surface area contributed by atoms with E-state index in [2.05, 4.69) is 15.3 Å². The van der Waals surface area contributed by atoms with Crippen LogP contribution in [0.15, 0.2) is 6.20 Å². The lowest BCUT2D eigenvalue weighted by Gasteiger charge is -2.43. The molecule has 3 rings (SSSR count). The van der Waals surface area contributed by atoms with Crippen LogP contribution >= 0.6 is 0 Å². The molecule has 2 fully saturated rings. The van der Waals surface area contributed by atoms with E-state index in [0.29, 0.717) is 57.3 Å². The van der Waals surface area contributed by atoms with Gasteiger partial charge in [0.1, 0.15) is 27.0 Å². The van der Waals surface area contributed by atoms with Crippen LogP contribution in [0.3, 0.4) is 0 Å². The molecule has 14 heteroatoms. The standard InChI is InChI=1S/C28H46N6O7S/c1-19(2)16-34(21-14-20(17-33(18-21)27(37)38)24(35)32-9-11-41-12-10-32)25(36)22-15-30-26(28(3,4)5)31-23(22)29-8-7-13-42(6,39)40/h15,19-21H,7-14,16-18H2,1-6H3,(H,37,38)(H,29,30,31)/t20-,21+/m1/s1. The Bertz CT molecular complexity index is 1230. The van der Waals surface area contributed by atoms with Crippen molar-refractivity contribution in [2.75, 3.05) is 69.8 Å². The summed E-state index contributed by atoms with van der Waals surface area (Å²) in [5.74, 6) is -0.218. The van der Waals surface area contributed by atoms with Crippen LogP contribution in [-0.4, -0.2) is 127 Å². The number of carbonyl (C=O) groups is 3. The summed E-state index contributed by atoms with van der Waals surface area (Å²) in [6.07, 6.45) is 2.18. The first-order valence-electron chi connectivity index (χ1n) is 14.5. The number of rotatable bonds is 10. The summed E-state index contributed by atoms with van der Waals surface area (Å²) >= 11 is 0. The average Bonchev–Trinajstić information content (AvgIpc) is 2.92. The zero-order valence-corrected chi connectivity index (χ0v) is 26.4. The summed E-state index contributed by atoms with van der Waals surface area (Å²) in [5, 5.41) is 13.1. The van der Waals surface area contributed by atoms with Crippen LogP contribution in [0.2, 0.25) is 0 Å². The summed E-state index contributed by atoms with van der Waals surface area (Å²) in [6.45, 7) is 12.4. The lowest BCUT2D eigenvalue weighted by molar-refractivity contribution is -0.142. The minimum absolute atomic E-state index is 0.00831. The molecule has 2 saturated heterocycles. The highest BCUT2D eigenvalue weighted by molar-refractivity contribution is 7.90. The zero-order chi connectivity index (χ0) is 31.2. The average molecular weight is 611 g/mol. The van der Waals surface area contributed by atoms with Gasteiger partial charge < -0.3 is 29.9 Å². The molecule has 2 aliphatic rings. The number of carbonyl (C=O) groups excluding carboxylic acids is 2. The largest absolute Gasteiger partial charge is 0.465 e. The molecule has 0 spiro atoms. The third kappa shape index (κ3) is 9.25. The summed E-state index contributed by atoms with van der Waals surface area (Å²) in [7, 11) is -3.15. The van der Waals surface area contributed by atoms with E-state index in [1.54, 1.807) is 9.80 Å². The number of morpholine rings is 1. The van der Waals surface area contributed by atoms with E-state index >= 15 is 0 Å². The summed E-state index contributed by atoms with van der Waals surface area (Å²) in [6, 6.07) is -0.542. The van der Waals surface area contributed by atoms with Gasteiger partial charge in [-0.05, 0) is 18.8 Å². The van der Waals surface area contributed by atoms with Crippen molar-refractivity contribution in [3.63, 3.8) is 0 Å². The number of hydrogen-bond donors (Lipinski definition) is 2. The second-order valence-electron chi connectivity index (χ2n) is 12.7. The number of sulfone groups is 1. The van der Waals surface area contributed by atoms with Gasteiger partial charge in [-0.25, -0.2) is 23.2 Å². The first-order valence-corrected chi connectivity index (χ1v) is 16.6. The van der Waals surface area contributed by atoms with Crippen LogP contribution in [-0.2, 0) is 24.8 Å². The number of piperidine rings is 1. The predicted octanol–water partition coefficient (Wildman–Crippen LogP) is 1.95. The normalized spacial score (nSPS) is 20.0. The van der Waals surface area contributed by atoms with Gasteiger partial charge in [0.2, 0.25) is 5.91 Å². The molecule has 2 atom stereocenters. The molecule has 3 amide bonds. The number of aromatic nitrogens is 2. The summed E-state index contributed by atoms with van der Waals surface area (Å²) in [5.41, 5.74) is -0.188. The maximum Gasteiger partial charge on any atom is 0.407 e. The molecule has 0 aliphatic carbocycles. The highest BCUT2D eigenvalue weighted by Gasteiger charge is 2.40. The fraction of sp³-hybridized carbons (Fsp3) is 0.750. The maximum absolute atomic E-state index is 14.2. The Morgan fingerprint density at radius 2 is 1.83 bits per heavy atom. The zero-order valence-electron chi connectivity index (χ0n) is 25.6. The smallest absolute Gasteiger partial charge is 0.407 e. The number of carboxylic acid groups (broad SMARTS) is 1. The van der Waals surface area contributed by atoms with Gasteiger partial charge in [-0.15, -0.1) is 0 Å². The van der Waals surface area contributed by atoms with Crippen molar-refractivity contribution in [2.45, 2.75) is 58.9 Å². The van der Waals surface area contributed by atoms with Crippen molar-refractivity contribution in [1.82, 2.24) is 24.7 Å². The molecule has 13 nitrogen and oxygen atoms in total. The Morgan fingerprint density at radius 3 is 2.40 bits per heavy atom. The topological polar surface area (TPSA) is 162 Å². The Hall–Kier alpha value is -3.00. The molecular formula is C28H46N6O7S. The lowest BCUT2D eigenvalue weighted by Crippen LogP contribution is -2.58. The van der Waals surface area contributed by atoms with Crippen molar-refractivity contribution in [2.24, 2.45) is 11.8 Å². The maximum atomic E-state index is 14.2. The van der Waals surface area contributed by atoms with Crippen LogP contribution in [0.4, 0.5) is 10.6 Å². The van der Waals surface area contributed by atoms with Crippen molar-refractivity contribution in [1.29, 1.82) is 0 Å². The van der Waals surface area contributed by atoms with Gasteiger partial charge >= 0.3 is 6.09 Å². The second kappa shape index (κ2) is 14.0. The first kappa shape index (κ1) is 33.5. The molecule has 1 aromatic rings. The Morgan fingerprint density at radius 1 is 1.17 bits per heavy atom. The van der Waals surface area contributed by atoms with Crippen LogP contribution < -0.4 is 5.32 Å². The van der Waals surface area contributed by atoms with Crippen molar-refractivity contribution in [3.8, 4) is 0 Å². The molecule has 236 valence electrons. The van der Waals surface area contributed by atoms with Crippen molar-refractivity contribution < 1.29 is 32.6 Å². The number of anilines is 1. The van der Waals surface area contributed by atoms with E-state index in [9.17, 15) is 27.9 Å². The molecular weight excluding hydrogens is 564 g/mol. The number of nitrogens with zero attached hydrogens (tertiary/aromatic N) is 5. The molecule has 3 heterocycles. The molecule has 0 bridgehead atoms. The fourth-order valence-electron chi connectivity index (χ4n) is 5.20. The third-order valence-corrected chi connectivity index (χ3v) is 8.34. The molecule has 0 radical (unpaired) electrons. The van der Waals surface area contributed by atoms with Gasteiger partial charge in [-0.3, -0.25) is 9.59 Å². The first-order chi connectivity index (χ1) is 19.6. The van der Waals surface area contributed by atoms with Gasteiger partial charge in [0.25, 0.3) is 5.91 Å². The van der Waals surface area contributed by atoms with Gasteiger partial charge in [0, 0.05) is 57.1 Å². The van der Waals surface area contributed by atoms with Gasteiger partial charge in [-0.2, -0.15) is 0 Å². The molecule has 0 aromatic carbocycles. The van der Waals surface area contributed by atoms with Gasteiger partial charge in [-0.1, -0.05) is 34.6 Å². The minimum Gasteiger partial charge on any atom is -0.465 e. The summed E-state index contributed by atoms with van der Waals surface area (Å²) < 4.78 is 28.6. The van der Waals surface area contributed by atoms with Gasteiger partial charge in [0.05, 0.1) is 30.9 Å². The Balaban J connectivity index is 1.94. The lowest BCUT2D eigenvalue weighted by atomic mass is 9.91. The minimum atomic E-state index is -3.15. The van der Waals surface area contributed by atoms with E-state index in [4.69, 9.17) is 4.74 Å². The number of nitrogens with one attached hydrogen (secondary N) is 1. The number of likely N-dealkylation sites (tertiary alicyclic amines) is 1. The molecule has 2 N–H and O–H groups in total. The molecule has 1 aromatic heterocycles. The fourth-order valence-corrected chi connectivity index (χ4v) is 5.87. The highest BCUT2D eigenvalue weighted by atomic mass is 32.2. The van der Waals surface area contributed by atoms with Gasteiger partial charge in [0.15, 0.2) is 0 Å². The number of ether oxygens (including phenoxy) is 1. The molecule has 0 saturated carbocycles. The van der Waals surface area contributed by atoms with E-state index in [1.165, 1.54) is 17.4 Å². The molecule has 2 aliphatic heterocycles. The number of hydrogen-bond acceptors (Lipinski definition) is 9. The van der Waals surface area contributed by atoms with Crippen LogP contribution in [0.25, 0.3) is 0 Å². The Labute approximate surface area is 248 Å². The predicted molar refractivity (Wildman–Crippen MR) is 158 cm³/mol.